The summed E-state index contributed by atoms with van der Waals surface area (Å²) in [5, 5.41) is 9.93. The number of hydrogen-bond donors (Lipinski definition) is 2. The number of nitrogens with zero attached hydrogens (tertiary/aromatic N) is 1. The number of aliphatic hydroxyl groups is 1. The van der Waals surface area contributed by atoms with Crippen molar-refractivity contribution in [2.75, 3.05) is 18.0 Å². The molecule has 3 nitrogen and oxygen atoms in total. The molecule has 0 bridgehead atoms. The molecule has 1 saturated heterocycles. The van der Waals surface area contributed by atoms with Gasteiger partial charge in [0.2, 0.25) is 0 Å². The van der Waals surface area contributed by atoms with Crippen LogP contribution < -0.4 is 10.6 Å². The van der Waals surface area contributed by atoms with E-state index in [1.54, 1.807) is 0 Å². The third kappa shape index (κ3) is 2.58. The minimum absolute atomic E-state index is 0.275. The van der Waals surface area contributed by atoms with Gasteiger partial charge in [0.25, 0.3) is 0 Å². The van der Waals surface area contributed by atoms with Gasteiger partial charge >= 0.3 is 0 Å². The van der Waals surface area contributed by atoms with E-state index in [2.05, 4.69) is 11.8 Å². The van der Waals surface area contributed by atoms with Crippen molar-refractivity contribution in [2.24, 2.45) is 11.7 Å². The Bertz CT molecular complexity index is 422. The van der Waals surface area contributed by atoms with Crippen molar-refractivity contribution in [3.8, 4) is 0 Å². The third-order valence-electron chi connectivity index (χ3n) is 3.43. The van der Waals surface area contributed by atoms with Crippen molar-refractivity contribution in [1.82, 2.24) is 0 Å². The summed E-state index contributed by atoms with van der Waals surface area (Å²) in [5.41, 5.74) is 7.65. The molecule has 0 saturated carbocycles. The lowest BCUT2D eigenvalue weighted by Gasteiger charge is -2.36. The summed E-state index contributed by atoms with van der Waals surface area (Å²) in [6, 6.07) is 7.85. The minimum Gasteiger partial charge on any atom is -0.391 e. The Morgan fingerprint density at radius 3 is 2.82 bits per heavy atom. The van der Waals surface area contributed by atoms with E-state index in [4.69, 9.17) is 18.0 Å². The van der Waals surface area contributed by atoms with Crippen LogP contribution in [0.5, 0.6) is 0 Å². The molecule has 1 heterocycles. The van der Waals surface area contributed by atoms with Gasteiger partial charge in [-0.1, -0.05) is 31.3 Å². The zero-order valence-corrected chi connectivity index (χ0v) is 10.8. The van der Waals surface area contributed by atoms with Gasteiger partial charge < -0.3 is 15.7 Å². The van der Waals surface area contributed by atoms with Crippen molar-refractivity contribution in [3.63, 3.8) is 0 Å². The summed E-state index contributed by atoms with van der Waals surface area (Å²) < 4.78 is 0. The second kappa shape index (κ2) is 5.02. The van der Waals surface area contributed by atoms with E-state index < -0.39 is 0 Å². The summed E-state index contributed by atoms with van der Waals surface area (Å²) >= 11 is 5.06. The Hall–Kier alpha value is -1.13. The number of aliphatic hydroxyl groups excluding tert-OH is 1. The molecule has 1 aromatic carbocycles. The molecule has 2 atom stereocenters. The fraction of sp³-hybridized carbons (Fsp3) is 0.462. The summed E-state index contributed by atoms with van der Waals surface area (Å²) in [4.78, 5) is 2.58. The number of thiocarbonyl (C=S) groups is 1. The predicted octanol–water partition coefficient (Wildman–Crippen LogP) is 1.53. The first-order valence-corrected chi connectivity index (χ1v) is 6.32. The van der Waals surface area contributed by atoms with E-state index in [1.165, 1.54) is 0 Å². The van der Waals surface area contributed by atoms with Crippen LogP contribution in [0.2, 0.25) is 0 Å². The van der Waals surface area contributed by atoms with E-state index >= 15 is 0 Å². The van der Waals surface area contributed by atoms with Crippen LogP contribution in [0.3, 0.4) is 0 Å². The number of nitrogens with two attached hydrogens (primary N) is 1. The summed E-state index contributed by atoms with van der Waals surface area (Å²) in [6.45, 7) is 3.68. The lowest BCUT2D eigenvalue weighted by atomic mass is 9.95. The number of piperidine rings is 1. The van der Waals surface area contributed by atoms with Gasteiger partial charge in [0.1, 0.15) is 4.99 Å². The Kier molecular flexibility index (Phi) is 3.64. The van der Waals surface area contributed by atoms with Crippen molar-refractivity contribution in [1.29, 1.82) is 0 Å². The fourth-order valence-electron chi connectivity index (χ4n) is 2.23. The number of para-hydroxylation sites is 1. The average molecular weight is 250 g/mol. The molecule has 2 unspecified atom stereocenters. The van der Waals surface area contributed by atoms with Crippen LogP contribution in [0, 0.1) is 5.92 Å². The Morgan fingerprint density at radius 1 is 1.47 bits per heavy atom. The first-order valence-electron chi connectivity index (χ1n) is 5.91. The monoisotopic (exact) mass is 250 g/mol. The van der Waals surface area contributed by atoms with E-state index in [0.29, 0.717) is 17.5 Å². The lowest BCUT2D eigenvalue weighted by molar-refractivity contribution is 0.103. The van der Waals surface area contributed by atoms with Crippen molar-refractivity contribution in [3.05, 3.63) is 29.8 Å². The van der Waals surface area contributed by atoms with Gasteiger partial charge in [0, 0.05) is 24.3 Å². The smallest absolute Gasteiger partial charge is 0.106 e. The van der Waals surface area contributed by atoms with E-state index in [9.17, 15) is 5.11 Å². The first kappa shape index (κ1) is 12.3. The van der Waals surface area contributed by atoms with Gasteiger partial charge in [-0.05, 0) is 24.5 Å². The molecule has 4 heteroatoms. The zero-order valence-electron chi connectivity index (χ0n) is 9.97. The van der Waals surface area contributed by atoms with Crippen molar-refractivity contribution >= 4 is 22.9 Å². The summed E-state index contributed by atoms with van der Waals surface area (Å²) in [5.74, 6) is 0.364. The zero-order chi connectivity index (χ0) is 12.4. The maximum absolute atomic E-state index is 9.93. The predicted molar refractivity (Wildman–Crippen MR) is 74.3 cm³/mol. The van der Waals surface area contributed by atoms with Crippen molar-refractivity contribution < 1.29 is 5.11 Å². The molecule has 0 aliphatic carbocycles. The normalized spacial score (nSPS) is 24.7. The van der Waals surface area contributed by atoms with Crippen LogP contribution >= 0.6 is 12.2 Å². The minimum atomic E-state index is -0.275. The SMILES string of the molecule is CC1CCN(c2ccccc2C(N)=S)CC1O. The van der Waals surface area contributed by atoms with Gasteiger partial charge in [0.15, 0.2) is 0 Å². The first-order chi connectivity index (χ1) is 8.09. The van der Waals surface area contributed by atoms with Crippen LogP contribution in [0.4, 0.5) is 5.69 Å². The van der Waals surface area contributed by atoms with Crippen LogP contribution in [-0.4, -0.2) is 29.3 Å². The second-order valence-corrected chi connectivity index (χ2v) is 5.10. The average Bonchev–Trinajstić information content (AvgIpc) is 2.32. The van der Waals surface area contributed by atoms with E-state index in [0.717, 1.165) is 24.2 Å². The number of benzene rings is 1. The topological polar surface area (TPSA) is 49.5 Å². The molecule has 0 amide bonds. The fourth-order valence-corrected chi connectivity index (χ4v) is 2.40. The molecule has 0 aromatic heterocycles. The molecule has 3 N–H and O–H groups in total. The lowest BCUT2D eigenvalue weighted by Crippen LogP contribution is -2.43. The molecule has 92 valence electrons. The summed E-state index contributed by atoms with van der Waals surface area (Å²) in [7, 11) is 0. The number of hydrogen-bond acceptors (Lipinski definition) is 3. The molecule has 1 aromatic rings. The highest BCUT2D eigenvalue weighted by molar-refractivity contribution is 7.80. The molecule has 1 aliphatic heterocycles. The maximum Gasteiger partial charge on any atom is 0.106 e. The van der Waals surface area contributed by atoms with Crippen molar-refractivity contribution in [2.45, 2.75) is 19.4 Å². The standard InChI is InChI=1S/C13H18N2OS/c1-9-6-7-15(8-12(9)16)11-5-3-2-4-10(11)13(14)17/h2-5,9,12,16H,6-8H2,1H3,(H2,14,17). The Balaban J connectivity index is 2.25. The number of β-amino-alcohol motifs (C(OH)–C–C–N with tert-alkyl or cyclic N) is 1. The molecule has 2 rings (SSSR count). The molecule has 0 radical (unpaired) electrons. The second-order valence-electron chi connectivity index (χ2n) is 4.66. The molecule has 1 aliphatic rings. The van der Waals surface area contributed by atoms with Gasteiger partial charge in [-0.25, -0.2) is 0 Å². The molecule has 1 fully saturated rings. The highest BCUT2D eigenvalue weighted by Crippen LogP contribution is 2.26. The van der Waals surface area contributed by atoms with Crippen LogP contribution in [-0.2, 0) is 0 Å². The highest BCUT2D eigenvalue weighted by Gasteiger charge is 2.25. The Labute approximate surface area is 107 Å². The molecule has 0 spiro atoms. The Morgan fingerprint density at radius 2 is 2.18 bits per heavy atom. The molecular formula is C13H18N2OS. The van der Waals surface area contributed by atoms with Crippen LogP contribution in [0.15, 0.2) is 24.3 Å². The molecular weight excluding hydrogens is 232 g/mol. The van der Waals surface area contributed by atoms with Crippen LogP contribution in [0.1, 0.15) is 18.9 Å². The van der Waals surface area contributed by atoms with Gasteiger partial charge in [-0.3, -0.25) is 0 Å². The molecule has 17 heavy (non-hydrogen) atoms. The maximum atomic E-state index is 9.93. The number of anilines is 1. The third-order valence-corrected chi connectivity index (χ3v) is 3.65. The van der Waals surface area contributed by atoms with Crippen LogP contribution in [0.25, 0.3) is 0 Å². The number of rotatable bonds is 2. The van der Waals surface area contributed by atoms with Gasteiger partial charge in [-0.15, -0.1) is 0 Å². The quantitative estimate of drug-likeness (QED) is 0.782. The summed E-state index contributed by atoms with van der Waals surface area (Å²) in [6.07, 6.45) is 0.718. The highest BCUT2D eigenvalue weighted by atomic mass is 32.1. The van der Waals surface area contributed by atoms with Gasteiger partial charge in [-0.2, -0.15) is 0 Å². The largest absolute Gasteiger partial charge is 0.391 e. The van der Waals surface area contributed by atoms with E-state index in [-0.39, 0.29) is 6.10 Å². The van der Waals surface area contributed by atoms with E-state index in [1.807, 2.05) is 24.3 Å². The van der Waals surface area contributed by atoms with Gasteiger partial charge in [0.05, 0.1) is 6.10 Å².